The number of imidazole rings is 1. The van der Waals surface area contributed by atoms with Crippen LogP contribution in [0.3, 0.4) is 0 Å². The number of fused-ring (bicyclic) bond motifs is 1. The van der Waals surface area contributed by atoms with E-state index in [9.17, 15) is 4.79 Å². The summed E-state index contributed by atoms with van der Waals surface area (Å²) in [5.74, 6) is 1.27. The summed E-state index contributed by atoms with van der Waals surface area (Å²) in [5, 5.41) is 0.718. The van der Waals surface area contributed by atoms with E-state index in [1.807, 2.05) is 35.8 Å². The van der Waals surface area contributed by atoms with Crippen LogP contribution < -0.4 is 4.90 Å². The number of benzene rings is 1. The Morgan fingerprint density at radius 1 is 1.31 bits per heavy atom. The van der Waals surface area contributed by atoms with Crippen molar-refractivity contribution in [2.45, 2.75) is 13.5 Å². The lowest BCUT2D eigenvalue weighted by molar-refractivity contribution is 0.111. The Kier molecular flexibility index (Phi) is 4.61. The predicted molar refractivity (Wildman–Crippen MR) is 101 cm³/mol. The van der Waals surface area contributed by atoms with Gasteiger partial charge in [-0.1, -0.05) is 23.7 Å². The number of aromatic nitrogens is 3. The molecule has 0 radical (unpaired) electrons. The van der Waals surface area contributed by atoms with Gasteiger partial charge in [0.05, 0.1) is 31.5 Å². The summed E-state index contributed by atoms with van der Waals surface area (Å²) in [6, 6.07) is 7.81. The van der Waals surface area contributed by atoms with E-state index in [0.29, 0.717) is 31.1 Å². The molecule has 0 amide bonds. The topological polar surface area (TPSA) is 60.2 Å². The first-order valence-electron chi connectivity index (χ1n) is 8.55. The Hall–Kier alpha value is -2.44. The fraction of sp³-hybridized carbons (Fsp3) is 0.316. The van der Waals surface area contributed by atoms with Crippen LogP contribution in [0.25, 0.3) is 11.0 Å². The number of halogens is 1. The van der Waals surface area contributed by atoms with Crippen molar-refractivity contribution in [3.63, 3.8) is 0 Å². The van der Waals surface area contributed by atoms with Crippen molar-refractivity contribution in [2.24, 2.45) is 0 Å². The molecule has 6 nitrogen and oxygen atoms in total. The van der Waals surface area contributed by atoms with Gasteiger partial charge in [-0.15, -0.1) is 0 Å². The molecule has 0 aliphatic carbocycles. The van der Waals surface area contributed by atoms with E-state index < -0.39 is 0 Å². The number of carbonyl (C=O) groups excluding carboxylic acids is 1. The van der Waals surface area contributed by atoms with E-state index in [-0.39, 0.29) is 0 Å². The summed E-state index contributed by atoms with van der Waals surface area (Å²) in [4.78, 5) is 22.7. The normalized spacial score (nSPS) is 14.8. The van der Waals surface area contributed by atoms with Crippen LogP contribution in [-0.2, 0) is 11.3 Å². The molecule has 1 saturated heterocycles. The zero-order chi connectivity index (χ0) is 18.1. The van der Waals surface area contributed by atoms with Crippen LogP contribution in [0.15, 0.2) is 30.5 Å². The molecule has 7 heteroatoms. The van der Waals surface area contributed by atoms with Crippen molar-refractivity contribution >= 4 is 34.7 Å². The molecule has 0 bridgehead atoms. The van der Waals surface area contributed by atoms with Gasteiger partial charge in [-0.2, -0.15) is 0 Å². The lowest BCUT2D eigenvalue weighted by atomic mass is 10.1. The molecule has 3 heterocycles. The number of rotatable bonds is 4. The minimum absolute atomic E-state index is 0.389. The molecule has 0 unspecified atom stereocenters. The van der Waals surface area contributed by atoms with E-state index in [4.69, 9.17) is 16.3 Å². The third-order valence-electron chi connectivity index (χ3n) is 4.80. The van der Waals surface area contributed by atoms with Crippen LogP contribution in [0.2, 0.25) is 5.02 Å². The van der Waals surface area contributed by atoms with Crippen molar-refractivity contribution in [3.8, 4) is 0 Å². The summed E-state index contributed by atoms with van der Waals surface area (Å²) < 4.78 is 7.33. The highest BCUT2D eigenvalue weighted by Crippen LogP contribution is 2.25. The third kappa shape index (κ3) is 3.06. The second-order valence-corrected chi connectivity index (χ2v) is 6.74. The van der Waals surface area contributed by atoms with Crippen molar-refractivity contribution in [2.75, 3.05) is 31.2 Å². The van der Waals surface area contributed by atoms with Gasteiger partial charge in [-0.3, -0.25) is 4.79 Å². The standard InChI is InChI=1S/C19H19ClN4O2/c1-13-14(3-2-4-15(13)20)11-24-17-9-18(23-5-7-26-8-6-23)21-10-16(17)22-19(24)12-25/h2-4,9-10,12H,5-8,11H2,1H3. The van der Waals surface area contributed by atoms with Crippen molar-refractivity contribution in [1.29, 1.82) is 0 Å². The zero-order valence-electron chi connectivity index (χ0n) is 14.5. The molecule has 4 rings (SSSR count). The largest absolute Gasteiger partial charge is 0.378 e. The lowest BCUT2D eigenvalue weighted by Crippen LogP contribution is -2.36. The van der Waals surface area contributed by atoms with E-state index in [1.54, 1.807) is 6.20 Å². The third-order valence-corrected chi connectivity index (χ3v) is 5.21. The molecule has 0 N–H and O–H groups in total. The quantitative estimate of drug-likeness (QED) is 0.660. The van der Waals surface area contributed by atoms with Gasteiger partial charge in [-0.05, 0) is 24.1 Å². The molecule has 3 aromatic rings. The number of carbonyl (C=O) groups is 1. The lowest BCUT2D eigenvalue weighted by Gasteiger charge is -2.27. The molecule has 2 aromatic heterocycles. The summed E-state index contributed by atoms with van der Waals surface area (Å²) in [6.45, 7) is 5.52. The SMILES string of the molecule is Cc1c(Cl)cccc1Cn1c(C=O)nc2cnc(N3CCOCC3)cc21. The van der Waals surface area contributed by atoms with Crippen LogP contribution in [0.5, 0.6) is 0 Å². The minimum Gasteiger partial charge on any atom is -0.378 e. The fourth-order valence-corrected chi connectivity index (χ4v) is 3.45. The number of morpholine rings is 1. The summed E-state index contributed by atoms with van der Waals surface area (Å²) in [7, 11) is 0. The van der Waals surface area contributed by atoms with Gasteiger partial charge >= 0.3 is 0 Å². The smallest absolute Gasteiger partial charge is 0.185 e. The molecule has 0 saturated carbocycles. The summed E-state index contributed by atoms with van der Waals surface area (Å²) in [5.41, 5.74) is 3.67. The second-order valence-electron chi connectivity index (χ2n) is 6.33. The molecule has 1 fully saturated rings. The number of nitrogens with zero attached hydrogens (tertiary/aromatic N) is 4. The highest BCUT2D eigenvalue weighted by Gasteiger charge is 2.17. The predicted octanol–water partition coefficient (Wildman–Crippen LogP) is 3.09. The highest BCUT2D eigenvalue weighted by atomic mass is 35.5. The number of ether oxygens (including phenoxy) is 1. The first-order valence-corrected chi connectivity index (χ1v) is 8.93. The van der Waals surface area contributed by atoms with Crippen LogP contribution in [0.4, 0.5) is 5.82 Å². The second kappa shape index (κ2) is 7.05. The van der Waals surface area contributed by atoms with Crippen LogP contribution in [0.1, 0.15) is 21.7 Å². The van der Waals surface area contributed by atoms with Crippen LogP contribution >= 0.6 is 11.6 Å². The number of pyridine rings is 1. The Balaban J connectivity index is 1.78. The highest BCUT2D eigenvalue weighted by molar-refractivity contribution is 6.31. The van der Waals surface area contributed by atoms with Gasteiger partial charge in [0, 0.05) is 24.2 Å². The van der Waals surface area contributed by atoms with E-state index >= 15 is 0 Å². The molecule has 0 spiro atoms. The molecule has 0 atom stereocenters. The van der Waals surface area contributed by atoms with Gasteiger partial charge in [0.25, 0.3) is 0 Å². The number of hydrogen-bond donors (Lipinski definition) is 0. The minimum atomic E-state index is 0.389. The van der Waals surface area contributed by atoms with E-state index in [1.165, 1.54) is 0 Å². The molecular formula is C19H19ClN4O2. The number of anilines is 1. The molecule has 26 heavy (non-hydrogen) atoms. The average molecular weight is 371 g/mol. The Bertz CT molecular complexity index is 964. The van der Waals surface area contributed by atoms with E-state index in [0.717, 1.165) is 46.9 Å². The van der Waals surface area contributed by atoms with Gasteiger partial charge in [-0.25, -0.2) is 9.97 Å². The van der Waals surface area contributed by atoms with E-state index in [2.05, 4.69) is 14.9 Å². The van der Waals surface area contributed by atoms with Crippen LogP contribution in [-0.4, -0.2) is 47.1 Å². The number of hydrogen-bond acceptors (Lipinski definition) is 5. The van der Waals surface area contributed by atoms with Gasteiger partial charge < -0.3 is 14.2 Å². The molecular weight excluding hydrogens is 352 g/mol. The summed E-state index contributed by atoms with van der Waals surface area (Å²) in [6.07, 6.45) is 2.52. The summed E-state index contributed by atoms with van der Waals surface area (Å²) >= 11 is 6.25. The van der Waals surface area contributed by atoms with Crippen molar-refractivity contribution < 1.29 is 9.53 Å². The van der Waals surface area contributed by atoms with Crippen molar-refractivity contribution in [3.05, 3.63) is 52.4 Å². The van der Waals surface area contributed by atoms with Crippen molar-refractivity contribution in [1.82, 2.24) is 14.5 Å². The number of aldehydes is 1. The Morgan fingerprint density at radius 2 is 2.12 bits per heavy atom. The first-order chi connectivity index (χ1) is 12.7. The average Bonchev–Trinajstić information content (AvgIpc) is 3.03. The zero-order valence-corrected chi connectivity index (χ0v) is 15.2. The maximum Gasteiger partial charge on any atom is 0.185 e. The molecule has 134 valence electrons. The van der Waals surface area contributed by atoms with Crippen LogP contribution in [0, 0.1) is 6.92 Å². The fourth-order valence-electron chi connectivity index (χ4n) is 3.25. The molecule has 1 aliphatic rings. The van der Waals surface area contributed by atoms with Gasteiger partial charge in [0.2, 0.25) is 0 Å². The monoisotopic (exact) mass is 370 g/mol. The van der Waals surface area contributed by atoms with Gasteiger partial charge in [0.1, 0.15) is 11.3 Å². The Labute approximate surface area is 156 Å². The molecule has 1 aliphatic heterocycles. The maximum atomic E-state index is 11.6. The maximum absolute atomic E-state index is 11.6. The first kappa shape index (κ1) is 17.0. The Morgan fingerprint density at radius 3 is 2.88 bits per heavy atom. The molecule has 1 aromatic carbocycles. The van der Waals surface area contributed by atoms with Gasteiger partial charge in [0.15, 0.2) is 12.1 Å².